The van der Waals surface area contributed by atoms with Gasteiger partial charge >= 0.3 is 0 Å². The summed E-state index contributed by atoms with van der Waals surface area (Å²) >= 11 is 5.66. The third kappa shape index (κ3) is 1.97. The van der Waals surface area contributed by atoms with Crippen molar-refractivity contribution in [2.45, 2.75) is 6.92 Å². The van der Waals surface area contributed by atoms with Crippen LogP contribution < -0.4 is 5.56 Å². The molecule has 0 bridgehead atoms. The Morgan fingerprint density at radius 3 is 2.81 bits per heavy atom. The summed E-state index contributed by atoms with van der Waals surface area (Å²) in [5.41, 5.74) is 0.810. The van der Waals surface area contributed by atoms with Gasteiger partial charge < -0.3 is 0 Å². The van der Waals surface area contributed by atoms with E-state index in [4.69, 9.17) is 11.6 Å². The minimum absolute atomic E-state index is 0.121. The molecule has 0 amide bonds. The summed E-state index contributed by atoms with van der Waals surface area (Å²) in [5.74, 6) is -0.460. The Morgan fingerprint density at radius 2 is 2.06 bits per heavy atom. The summed E-state index contributed by atoms with van der Waals surface area (Å²) in [5, 5.41) is 5.85. The van der Waals surface area contributed by atoms with Crippen molar-refractivity contribution in [1.29, 1.82) is 0 Å². The molecule has 3 nitrogen and oxygen atoms in total. The number of hydrogen-bond acceptors (Lipinski definition) is 2. The predicted octanol–water partition coefficient (Wildman–Crippen LogP) is 2.54. The first-order valence-electron chi connectivity index (χ1n) is 4.59. The van der Waals surface area contributed by atoms with Gasteiger partial charge in [0, 0.05) is 5.56 Å². The number of nitrogens with one attached hydrogen (secondary N) is 1. The molecule has 0 aliphatic heterocycles. The molecule has 0 aliphatic carbocycles. The number of H-pyrrole nitrogens is 1. The van der Waals surface area contributed by atoms with Gasteiger partial charge in [0.05, 0.1) is 5.56 Å². The fraction of sp³-hybridized carbons (Fsp3) is 0.0909. The Hall–Kier alpha value is -1.68. The summed E-state index contributed by atoms with van der Waals surface area (Å²) in [7, 11) is 0. The van der Waals surface area contributed by atoms with Crippen molar-refractivity contribution in [2.75, 3.05) is 0 Å². The molecule has 2 rings (SSSR count). The van der Waals surface area contributed by atoms with Crippen LogP contribution in [0, 0.1) is 12.7 Å². The van der Waals surface area contributed by atoms with Gasteiger partial charge in [0.1, 0.15) is 11.0 Å². The maximum Gasteiger partial charge on any atom is 0.272 e. The molecule has 16 heavy (non-hydrogen) atoms. The van der Waals surface area contributed by atoms with E-state index in [0.717, 1.165) is 5.56 Å². The lowest BCUT2D eigenvalue weighted by Gasteiger charge is -2.03. The van der Waals surface area contributed by atoms with Gasteiger partial charge in [-0.15, -0.1) is 0 Å². The van der Waals surface area contributed by atoms with Crippen molar-refractivity contribution in [3.8, 4) is 11.1 Å². The molecule has 0 atom stereocenters. The molecule has 1 N–H and O–H groups in total. The first-order valence-corrected chi connectivity index (χ1v) is 4.97. The van der Waals surface area contributed by atoms with Crippen molar-refractivity contribution in [1.82, 2.24) is 10.2 Å². The number of aryl methyl sites for hydroxylation is 1. The molecule has 1 aromatic heterocycles. The maximum atomic E-state index is 13.6. The molecule has 0 saturated carbocycles. The van der Waals surface area contributed by atoms with Crippen LogP contribution in [0.2, 0.25) is 5.15 Å². The van der Waals surface area contributed by atoms with E-state index in [1.807, 2.05) is 6.92 Å². The summed E-state index contributed by atoms with van der Waals surface area (Å²) in [6.45, 7) is 1.82. The highest BCUT2D eigenvalue weighted by Gasteiger charge is 2.10. The smallest absolute Gasteiger partial charge is 0.267 e. The predicted molar refractivity (Wildman–Crippen MR) is 60.0 cm³/mol. The molecular weight excluding hydrogens is 231 g/mol. The minimum atomic E-state index is -0.464. The highest BCUT2D eigenvalue weighted by atomic mass is 35.5. The molecule has 1 heterocycles. The third-order valence-corrected chi connectivity index (χ3v) is 2.38. The molecule has 82 valence electrons. The zero-order valence-electron chi connectivity index (χ0n) is 8.42. The number of rotatable bonds is 1. The number of aromatic nitrogens is 2. The van der Waals surface area contributed by atoms with E-state index in [-0.39, 0.29) is 16.3 Å². The largest absolute Gasteiger partial charge is 0.272 e. The molecule has 5 heteroatoms. The van der Waals surface area contributed by atoms with Gasteiger partial charge in [-0.1, -0.05) is 23.2 Å². The molecule has 2 aromatic rings. The second-order valence-corrected chi connectivity index (χ2v) is 3.80. The van der Waals surface area contributed by atoms with E-state index < -0.39 is 11.4 Å². The summed E-state index contributed by atoms with van der Waals surface area (Å²) in [4.78, 5) is 11.5. The molecule has 1 aromatic carbocycles. The number of hydrogen-bond donors (Lipinski definition) is 1. The molecular formula is C11H8ClFN2O. The van der Waals surface area contributed by atoms with Crippen LogP contribution in [0.1, 0.15) is 5.56 Å². The Kier molecular flexibility index (Phi) is 2.75. The van der Waals surface area contributed by atoms with Gasteiger partial charge in [0.15, 0.2) is 0 Å². The van der Waals surface area contributed by atoms with Crippen LogP contribution in [0.3, 0.4) is 0 Å². The highest BCUT2D eigenvalue weighted by Crippen LogP contribution is 2.21. The van der Waals surface area contributed by atoms with Crippen LogP contribution in [0.4, 0.5) is 4.39 Å². The summed E-state index contributed by atoms with van der Waals surface area (Å²) in [6, 6.07) is 5.89. The third-order valence-electron chi connectivity index (χ3n) is 2.18. The molecule has 0 aliphatic rings. The molecule has 0 radical (unpaired) electrons. The maximum absolute atomic E-state index is 13.6. The van der Waals surface area contributed by atoms with Gasteiger partial charge in [-0.2, -0.15) is 5.10 Å². The molecule has 0 fully saturated rings. The van der Waals surface area contributed by atoms with Crippen LogP contribution in [-0.4, -0.2) is 10.2 Å². The Bertz CT molecular complexity index is 595. The average molecular weight is 239 g/mol. The van der Waals surface area contributed by atoms with E-state index in [1.54, 1.807) is 12.1 Å². The van der Waals surface area contributed by atoms with Crippen LogP contribution in [0.5, 0.6) is 0 Å². The molecule has 0 spiro atoms. The van der Waals surface area contributed by atoms with E-state index in [1.165, 1.54) is 12.1 Å². The topological polar surface area (TPSA) is 45.8 Å². The normalized spacial score (nSPS) is 10.4. The second-order valence-electron chi connectivity index (χ2n) is 3.42. The van der Waals surface area contributed by atoms with E-state index in [0.29, 0.717) is 0 Å². The van der Waals surface area contributed by atoms with Gasteiger partial charge in [-0.05, 0) is 25.1 Å². The zero-order valence-corrected chi connectivity index (χ0v) is 9.18. The highest BCUT2D eigenvalue weighted by molar-refractivity contribution is 6.29. The summed E-state index contributed by atoms with van der Waals surface area (Å²) in [6.07, 6.45) is 0. The van der Waals surface area contributed by atoms with Crippen molar-refractivity contribution < 1.29 is 4.39 Å². The van der Waals surface area contributed by atoms with Crippen molar-refractivity contribution in [2.24, 2.45) is 0 Å². The quantitative estimate of drug-likeness (QED) is 0.830. The first kappa shape index (κ1) is 10.8. The molecule has 0 unspecified atom stereocenters. The monoisotopic (exact) mass is 238 g/mol. The van der Waals surface area contributed by atoms with Crippen LogP contribution in [0.15, 0.2) is 29.1 Å². The van der Waals surface area contributed by atoms with Gasteiger partial charge in [-0.25, -0.2) is 9.49 Å². The van der Waals surface area contributed by atoms with E-state index in [2.05, 4.69) is 10.2 Å². The Morgan fingerprint density at radius 1 is 1.31 bits per heavy atom. The zero-order chi connectivity index (χ0) is 11.7. The fourth-order valence-corrected chi connectivity index (χ4v) is 1.58. The number of halogens is 2. The van der Waals surface area contributed by atoms with Gasteiger partial charge in [0.25, 0.3) is 5.56 Å². The van der Waals surface area contributed by atoms with Crippen LogP contribution in [-0.2, 0) is 0 Å². The average Bonchev–Trinajstić information content (AvgIpc) is 2.25. The Balaban J connectivity index is 2.71. The summed E-state index contributed by atoms with van der Waals surface area (Å²) < 4.78 is 13.6. The lowest BCUT2D eigenvalue weighted by Crippen LogP contribution is -2.11. The van der Waals surface area contributed by atoms with Crippen molar-refractivity contribution in [3.63, 3.8) is 0 Å². The SMILES string of the molecule is Cc1ccc(F)c(-c2cc(Cl)n[nH]c2=O)c1. The lowest BCUT2D eigenvalue weighted by molar-refractivity contribution is 0.630. The Labute approximate surface area is 95.9 Å². The first-order chi connectivity index (χ1) is 7.58. The minimum Gasteiger partial charge on any atom is -0.267 e. The molecule has 0 saturated heterocycles. The van der Waals surface area contributed by atoms with Crippen molar-refractivity contribution in [3.05, 3.63) is 51.2 Å². The second kappa shape index (κ2) is 4.06. The van der Waals surface area contributed by atoms with Gasteiger partial charge in [-0.3, -0.25) is 4.79 Å². The van der Waals surface area contributed by atoms with E-state index >= 15 is 0 Å². The standard InChI is InChI=1S/C11H8ClFN2O/c1-6-2-3-9(13)7(4-6)8-5-10(12)14-15-11(8)16/h2-5H,1H3,(H,15,16). The number of nitrogens with zero attached hydrogens (tertiary/aromatic N) is 1. The number of aromatic amines is 1. The van der Waals surface area contributed by atoms with Gasteiger partial charge in [0.2, 0.25) is 0 Å². The van der Waals surface area contributed by atoms with Crippen LogP contribution >= 0.6 is 11.6 Å². The van der Waals surface area contributed by atoms with Crippen molar-refractivity contribution >= 4 is 11.6 Å². The van der Waals surface area contributed by atoms with Crippen LogP contribution in [0.25, 0.3) is 11.1 Å². The number of benzene rings is 1. The van der Waals surface area contributed by atoms with E-state index in [9.17, 15) is 9.18 Å². The fourth-order valence-electron chi connectivity index (χ4n) is 1.43. The lowest BCUT2D eigenvalue weighted by atomic mass is 10.1.